The summed E-state index contributed by atoms with van der Waals surface area (Å²) < 4.78 is 26.9. The van der Waals surface area contributed by atoms with E-state index in [0.717, 1.165) is 0 Å². The lowest BCUT2D eigenvalue weighted by molar-refractivity contribution is 0.601. The SMILES string of the molecule is Cc1cccnc1NS(=O)(=O)c1cc(Cl)ccc1N. The monoisotopic (exact) mass is 297 g/mol. The van der Waals surface area contributed by atoms with Crippen molar-refractivity contribution in [2.24, 2.45) is 0 Å². The van der Waals surface area contributed by atoms with Gasteiger partial charge < -0.3 is 5.73 Å². The highest BCUT2D eigenvalue weighted by Crippen LogP contribution is 2.25. The average molecular weight is 298 g/mol. The number of nitrogen functional groups attached to an aromatic ring is 1. The van der Waals surface area contributed by atoms with Gasteiger partial charge in [-0.3, -0.25) is 4.72 Å². The third-order valence-corrected chi connectivity index (χ3v) is 4.14. The van der Waals surface area contributed by atoms with Gasteiger partial charge in [-0.2, -0.15) is 0 Å². The molecule has 0 bridgehead atoms. The lowest BCUT2D eigenvalue weighted by atomic mass is 10.3. The summed E-state index contributed by atoms with van der Waals surface area (Å²) in [5.74, 6) is 0.266. The van der Waals surface area contributed by atoms with Gasteiger partial charge in [0.15, 0.2) is 0 Å². The molecule has 0 radical (unpaired) electrons. The van der Waals surface area contributed by atoms with Crippen molar-refractivity contribution in [1.29, 1.82) is 0 Å². The van der Waals surface area contributed by atoms with Crippen molar-refractivity contribution >= 4 is 33.1 Å². The van der Waals surface area contributed by atoms with Crippen LogP contribution in [0.3, 0.4) is 0 Å². The molecule has 0 saturated carbocycles. The molecule has 0 saturated heterocycles. The fourth-order valence-corrected chi connectivity index (χ4v) is 2.99. The van der Waals surface area contributed by atoms with Crippen molar-refractivity contribution in [3.8, 4) is 0 Å². The summed E-state index contributed by atoms with van der Waals surface area (Å²) in [6.07, 6.45) is 1.51. The van der Waals surface area contributed by atoms with Gasteiger partial charge in [0, 0.05) is 11.2 Å². The summed E-state index contributed by atoms with van der Waals surface area (Å²) in [4.78, 5) is 3.91. The third-order valence-electron chi connectivity index (χ3n) is 2.51. The van der Waals surface area contributed by atoms with Gasteiger partial charge in [0.25, 0.3) is 10.0 Å². The number of rotatable bonds is 3. The zero-order valence-corrected chi connectivity index (χ0v) is 11.7. The van der Waals surface area contributed by atoms with Crippen LogP contribution in [-0.4, -0.2) is 13.4 Å². The molecule has 5 nitrogen and oxygen atoms in total. The van der Waals surface area contributed by atoms with E-state index in [-0.39, 0.29) is 16.4 Å². The van der Waals surface area contributed by atoms with Crippen LogP contribution in [0.1, 0.15) is 5.56 Å². The van der Waals surface area contributed by atoms with Gasteiger partial charge in [-0.1, -0.05) is 17.7 Å². The van der Waals surface area contributed by atoms with Crippen molar-refractivity contribution in [2.75, 3.05) is 10.5 Å². The van der Waals surface area contributed by atoms with Gasteiger partial charge in [0.1, 0.15) is 10.7 Å². The van der Waals surface area contributed by atoms with Crippen molar-refractivity contribution in [2.45, 2.75) is 11.8 Å². The standard InChI is InChI=1S/C12H12ClN3O2S/c1-8-3-2-6-15-12(8)16-19(17,18)11-7-9(13)4-5-10(11)14/h2-7H,14H2,1H3,(H,15,16). The van der Waals surface area contributed by atoms with Gasteiger partial charge in [0.05, 0.1) is 5.69 Å². The van der Waals surface area contributed by atoms with E-state index in [2.05, 4.69) is 9.71 Å². The highest BCUT2D eigenvalue weighted by molar-refractivity contribution is 7.92. The molecule has 3 N–H and O–H groups in total. The molecule has 2 aromatic rings. The smallest absolute Gasteiger partial charge is 0.265 e. The number of pyridine rings is 1. The fourth-order valence-electron chi connectivity index (χ4n) is 1.52. The molecule has 0 aliphatic carbocycles. The topological polar surface area (TPSA) is 85.1 Å². The van der Waals surface area contributed by atoms with E-state index in [1.807, 2.05) is 0 Å². The largest absolute Gasteiger partial charge is 0.398 e. The van der Waals surface area contributed by atoms with Crippen LogP contribution >= 0.6 is 11.6 Å². The zero-order valence-electron chi connectivity index (χ0n) is 10.1. The summed E-state index contributed by atoms with van der Waals surface area (Å²) in [5.41, 5.74) is 6.51. The van der Waals surface area contributed by atoms with Crippen molar-refractivity contribution in [3.05, 3.63) is 47.1 Å². The molecule has 1 heterocycles. The van der Waals surface area contributed by atoms with Crippen LogP contribution in [0.25, 0.3) is 0 Å². The number of anilines is 2. The molecular weight excluding hydrogens is 286 g/mol. The minimum absolute atomic E-state index is 0.0648. The van der Waals surface area contributed by atoms with Crippen LogP contribution in [0.5, 0.6) is 0 Å². The molecular formula is C12H12ClN3O2S. The number of aromatic nitrogens is 1. The Morgan fingerprint density at radius 3 is 2.74 bits per heavy atom. The minimum Gasteiger partial charge on any atom is -0.398 e. The zero-order chi connectivity index (χ0) is 14.0. The highest BCUT2D eigenvalue weighted by Gasteiger charge is 2.19. The Morgan fingerprint density at radius 2 is 2.05 bits per heavy atom. The van der Waals surface area contributed by atoms with E-state index < -0.39 is 10.0 Å². The lowest BCUT2D eigenvalue weighted by Crippen LogP contribution is -2.16. The summed E-state index contributed by atoms with van der Waals surface area (Å²) in [6.45, 7) is 1.76. The molecule has 1 aromatic heterocycles. The minimum atomic E-state index is -3.81. The van der Waals surface area contributed by atoms with Crippen LogP contribution in [0, 0.1) is 6.92 Å². The summed E-state index contributed by atoms with van der Waals surface area (Å²) in [7, 11) is -3.81. The average Bonchev–Trinajstić information content (AvgIpc) is 2.35. The second-order valence-electron chi connectivity index (χ2n) is 3.96. The maximum Gasteiger partial charge on any atom is 0.265 e. The van der Waals surface area contributed by atoms with Crippen LogP contribution in [-0.2, 0) is 10.0 Å². The molecule has 0 amide bonds. The van der Waals surface area contributed by atoms with Gasteiger partial charge in [-0.15, -0.1) is 0 Å². The quantitative estimate of drug-likeness (QED) is 0.852. The predicted molar refractivity (Wildman–Crippen MR) is 75.6 cm³/mol. The first-order valence-corrected chi connectivity index (χ1v) is 7.26. The van der Waals surface area contributed by atoms with Crippen LogP contribution < -0.4 is 10.5 Å². The van der Waals surface area contributed by atoms with Crippen LogP contribution in [0.15, 0.2) is 41.4 Å². The van der Waals surface area contributed by atoms with Gasteiger partial charge in [0.2, 0.25) is 0 Å². The van der Waals surface area contributed by atoms with Gasteiger partial charge in [-0.05, 0) is 36.8 Å². The molecule has 100 valence electrons. The first-order chi connectivity index (χ1) is 8.90. The number of sulfonamides is 1. The molecule has 0 fully saturated rings. The second kappa shape index (κ2) is 5.07. The van der Waals surface area contributed by atoms with E-state index in [1.165, 1.54) is 24.4 Å². The van der Waals surface area contributed by atoms with Gasteiger partial charge >= 0.3 is 0 Å². The molecule has 0 aliphatic rings. The van der Waals surface area contributed by atoms with E-state index >= 15 is 0 Å². The molecule has 0 atom stereocenters. The normalized spacial score (nSPS) is 11.3. The maximum atomic E-state index is 12.2. The fraction of sp³-hybridized carbons (Fsp3) is 0.0833. The Bertz CT molecular complexity index is 717. The summed E-state index contributed by atoms with van der Waals surface area (Å²) in [5, 5.41) is 0.298. The molecule has 7 heteroatoms. The number of benzene rings is 1. The number of aryl methyl sites for hydroxylation is 1. The lowest BCUT2D eigenvalue weighted by Gasteiger charge is -2.11. The Kier molecular flexibility index (Phi) is 3.64. The number of nitrogens with zero attached hydrogens (tertiary/aromatic N) is 1. The predicted octanol–water partition coefficient (Wildman–Crippen LogP) is 2.43. The van der Waals surface area contributed by atoms with Crippen LogP contribution in [0.4, 0.5) is 11.5 Å². The highest BCUT2D eigenvalue weighted by atomic mass is 35.5. The van der Waals surface area contributed by atoms with E-state index in [1.54, 1.807) is 19.1 Å². The molecule has 0 unspecified atom stereocenters. The Labute approximate surface area is 116 Å². The second-order valence-corrected chi connectivity index (χ2v) is 6.04. The molecule has 0 aliphatic heterocycles. The molecule has 0 spiro atoms. The molecule has 1 aromatic carbocycles. The van der Waals surface area contributed by atoms with E-state index in [9.17, 15) is 8.42 Å². The maximum absolute atomic E-state index is 12.2. The number of halogens is 1. The third kappa shape index (κ3) is 2.97. The van der Waals surface area contributed by atoms with Crippen molar-refractivity contribution in [3.63, 3.8) is 0 Å². The van der Waals surface area contributed by atoms with E-state index in [0.29, 0.717) is 10.6 Å². The van der Waals surface area contributed by atoms with Crippen LogP contribution in [0.2, 0.25) is 5.02 Å². The van der Waals surface area contributed by atoms with Crippen molar-refractivity contribution in [1.82, 2.24) is 4.98 Å². The van der Waals surface area contributed by atoms with E-state index in [4.69, 9.17) is 17.3 Å². The number of nitrogens with one attached hydrogen (secondary N) is 1. The first kappa shape index (κ1) is 13.6. The van der Waals surface area contributed by atoms with Crippen molar-refractivity contribution < 1.29 is 8.42 Å². The van der Waals surface area contributed by atoms with Gasteiger partial charge in [-0.25, -0.2) is 13.4 Å². The summed E-state index contributed by atoms with van der Waals surface area (Å²) >= 11 is 5.79. The number of nitrogens with two attached hydrogens (primary N) is 1. The first-order valence-electron chi connectivity index (χ1n) is 5.39. The number of hydrogen-bond donors (Lipinski definition) is 2. The Hall–Kier alpha value is -1.79. The number of hydrogen-bond acceptors (Lipinski definition) is 4. The summed E-state index contributed by atoms with van der Waals surface area (Å²) in [6, 6.07) is 7.76. The molecule has 19 heavy (non-hydrogen) atoms. The Morgan fingerprint density at radius 1 is 1.32 bits per heavy atom. The Balaban J connectivity index is 2.44. The molecule has 2 rings (SSSR count).